The fraction of sp³-hybridized carbons (Fsp3) is 0.364. The Kier molecular flexibility index (Phi) is 8.07. The number of carbonyl (C=O) groups excluding carboxylic acids is 2. The van der Waals surface area contributed by atoms with Crippen LogP contribution in [0.4, 0.5) is 0 Å². The summed E-state index contributed by atoms with van der Waals surface area (Å²) in [5, 5.41) is 6.02. The van der Waals surface area contributed by atoms with Gasteiger partial charge in [-0.05, 0) is 35.4 Å². The average molecular weight is 432 g/mol. The number of ether oxygens (including phenoxy) is 2. The lowest BCUT2D eigenvalue weighted by atomic mass is 10.0. The predicted octanol–water partition coefficient (Wildman–Crippen LogP) is 2.15. The molecule has 0 radical (unpaired) electrons. The van der Waals surface area contributed by atoms with Crippen LogP contribution < -0.4 is 15.4 Å². The molecule has 0 bridgehead atoms. The molecule has 0 spiro atoms. The van der Waals surface area contributed by atoms with Crippen LogP contribution in [0.25, 0.3) is 0 Å². The van der Waals surface area contributed by atoms with Crippen molar-refractivity contribution in [2.45, 2.75) is 12.6 Å². The van der Waals surface area contributed by atoms with E-state index in [0.29, 0.717) is 24.8 Å². The molecule has 8 heteroatoms. The van der Waals surface area contributed by atoms with Gasteiger partial charge in [-0.1, -0.05) is 35.9 Å². The molecular formula is C22H26ClN3O4. The van der Waals surface area contributed by atoms with Gasteiger partial charge in [-0.25, -0.2) is 0 Å². The van der Waals surface area contributed by atoms with Crippen molar-refractivity contribution in [2.75, 3.05) is 40.0 Å². The fourth-order valence-electron chi connectivity index (χ4n) is 3.33. The summed E-state index contributed by atoms with van der Waals surface area (Å²) in [4.78, 5) is 26.8. The lowest BCUT2D eigenvalue weighted by Gasteiger charge is -2.35. The summed E-state index contributed by atoms with van der Waals surface area (Å²) in [7, 11) is 1.62. The zero-order valence-corrected chi connectivity index (χ0v) is 17.7. The van der Waals surface area contributed by atoms with E-state index in [1.165, 1.54) is 0 Å². The number of morpholine rings is 1. The zero-order chi connectivity index (χ0) is 21.3. The minimum absolute atomic E-state index is 0.0861. The lowest BCUT2D eigenvalue weighted by Crippen LogP contribution is -2.46. The monoisotopic (exact) mass is 431 g/mol. The molecule has 0 aliphatic carbocycles. The maximum atomic E-state index is 12.3. The van der Waals surface area contributed by atoms with Crippen molar-refractivity contribution in [2.24, 2.45) is 0 Å². The molecule has 0 saturated carbocycles. The van der Waals surface area contributed by atoms with Crippen molar-refractivity contribution in [3.8, 4) is 5.75 Å². The maximum absolute atomic E-state index is 12.3. The first-order valence-electron chi connectivity index (χ1n) is 9.83. The van der Waals surface area contributed by atoms with E-state index in [2.05, 4.69) is 15.5 Å². The molecule has 30 heavy (non-hydrogen) atoms. The third kappa shape index (κ3) is 6.19. The summed E-state index contributed by atoms with van der Waals surface area (Å²) in [6, 6.07) is 14.7. The third-order valence-corrected chi connectivity index (χ3v) is 5.25. The number of halogens is 1. The third-order valence-electron chi connectivity index (χ3n) is 4.99. The van der Waals surface area contributed by atoms with Crippen LogP contribution in [-0.4, -0.2) is 56.7 Å². The van der Waals surface area contributed by atoms with Gasteiger partial charge in [0, 0.05) is 31.2 Å². The summed E-state index contributed by atoms with van der Waals surface area (Å²) in [5.41, 5.74) is 1.88. The van der Waals surface area contributed by atoms with Gasteiger partial charge < -0.3 is 20.1 Å². The van der Waals surface area contributed by atoms with Gasteiger partial charge in [0.15, 0.2) is 0 Å². The average Bonchev–Trinajstić information content (AvgIpc) is 2.79. The molecule has 160 valence electrons. The molecule has 7 nitrogen and oxygen atoms in total. The van der Waals surface area contributed by atoms with Crippen LogP contribution in [0.2, 0.25) is 5.02 Å². The van der Waals surface area contributed by atoms with E-state index in [4.69, 9.17) is 21.1 Å². The Bertz CT molecular complexity index is 854. The number of hydrogen-bond donors (Lipinski definition) is 2. The molecule has 1 saturated heterocycles. The van der Waals surface area contributed by atoms with Crippen LogP contribution >= 0.6 is 11.6 Å². The first kappa shape index (κ1) is 22.1. The van der Waals surface area contributed by atoms with Crippen molar-refractivity contribution < 1.29 is 19.1 Å². The summed E-state index contributed by atoms with van der Waals surface area (Å²) < 4.78 is 10.8. The van der Waals surface area contributed by atoms with E-state index in [0.717, 1.165) is 30.0 Å². The Morgan fingerprint density at radius 1 is 1.10 bits per heavy atom. The highest BCUT2D eigenvalue weighted by Gasteiger charge is 2.24. The van der Waals surface area contributed by atoms with Crippen LogP contribution in [-0.2, 0) is 20.9 Å². The van der Waals surface area contributed by atoms with E-state index in [-0.39, 0.29) is 12.6 Å². The quantitative estimate of drug-likeness (QED) is 0.657. The second-order valence-electron chi connectivity index (χ2n) is 6.96. The molecule has 1 fully saturated rings. The molecule has 2 aromatic carbocycles. The molecule has 0 aromatic heterocycles. The van der Waals surface area contributed by atoms with Gasteiger partial charge in [-0.2, -0.15) is 0 Å². The Hall–Kier alpha value is -2.61. The van der Waals surface area contributed by atoms with Gasteiger partial charge in [0.2, 0.25) is 0 Å². The van der Waals surface area contributed by atoms with E-state index in [9.17, 15) is 9.59 Å². The summed E-state index contributed by atoms with van der Waals surface area (Å²) >= 11 is 5.86. The highest BCUT2D eigenvalue weighted by atomic mass is 35.5. The molecule has 1 heterocycles. The second-order valence-corrected chi connectivity index (χ2v) is 7.40. The summed E-state index contributed by atoms with van der Waals surface area (Å²) in [5.74, 6) is -0.584. The summed E-state index contributed by atoms with van der Waals surface area (Å²) in [6.07, 6.45) is 0. The lowest BCUT2D eigenvalue weighted by molar-refractivity contribution is -0.139. The highest BCUT2D eigenvalue weighted by molar-refractivity contribution is 6.35. The molecule has 1 aliphatic heterocycles. The van der Waals surface area contributed by atoms with Gasteiger partial charge in [-0.15, -0.1) is 0 Å². The summed E-state index contributed by atoms with van der Waals surface area (Å²) in [6.45, 7) is 3.33. The van der Waals surface area contributed by atoms with Crippen LogP contribution in [0.3, 0.4) is 0 Å². The molecule has 3 rings (SSSR count). The van der Waals surface area contributed by atoms with Gasteiger partial charge in [0.25, 0.3) is 0 Å². The van der Waals surface area contributed by atoms with Crippen molar-refractivity contribution in [3.63, 3.8) is 0 Å². The van der Waals surface area contributed by atoms with Crippen molar-refractivity contribution in [1.29, 1.82) is 0 Å². The van der Waals surface area contributed by atoms with E-state index in [1.54, 1.807) is 31.4 Å². The Balaban J connectivity index is 1.60. The minimum Gasteiger partial charge on any atom is -0.497 e. The molecule has 1 aliphatic rings. The molecule has 2 aromatic rings. The number of rotatable bonds is 7. The Morgan fingerprint density at radius 3 is 2.50 bits per heavy atom. The van der Waals surface area contributed by atoms with E-state index < -0.39 is 11.8 Å². The SMILES string of the molecule is COc1cccc(C(CNC(=O)C(=O)NCc2ccc(Cl)cc2)N2CCOCC2)c1. The largest absolute Gasteiger partial charge is 0.497 e. The zero-order valence-electron chi connectivity index (χ0n) is 16.9. The van der Waals surface area contributed by atoms with E-state index >= 15 is 0 Å². The highest BCUT2D eigenvalue weighted by Crippen LogP contribution is 2.24. The van der Waals surface area contributed by atoms with E-state index in [1.807, 2.05) is 24.3 Å². The number of amides is 2. The number of nitrogens with one attached hydrogen (secondary N) is 2. The van der Waals surface area contributed by atoms with Crippen LogP contribution in [0, 0.1) is 0 Å². The normalized spacial score (nSPS) is 15.3. The first-order valence-corrected chi connectivity index (χ1v) is 10.2. The molecule has 1 atom stereocenters. The molecular weight excluding hydrogens is 406 g/mol. The number of carbonyl (C=O) groups is 2. The predicted molar refractivity (Wildman–Crippen MR) is 114 cm³/mol. The minimum atomic E-state index is -0.670. The number of nitrogens with zero attached hydrogens (tertiary/aromatic N) is 1. The molecule has 2 N–H and O–H groups in total. The fourth-order valence-corrected chi connectivity index (χ4v) is 3.46. The van der Waals surface area contributed by atoms with Crippen molar-refractivity contribution >= 4 is 23.4 Å². The topological polar surface area (TPSA) is 79.9 Å². The van der Waals surface area contributed by atoms with Gasteiger partial charge in [-0.3, -0.25) is 14.5 Å². The van der Waals surface area contributed by atoms with Gasteiger partial charge in [0.05, 0.1) is 26.4 Å². The number of methoxy groups -OCH3 is 1. The standard InChI is InChI=1S/C22H26ClN3O4/c1-29-19-4-2-3-17(13-19)20(26-9-11-30-12-10-26)15-25-22(28)21(27)24-14-16-5-7-18(23)8-6-16/h2-8,13,20H,9-12,14-15H2,1H3,(H,24,27)(H,25,28). The first-order chi connectivity index (χ1) is 14.6. The Labute approximate surface area is 181 Å². The van der Waals surface area contributed by atoms with Crippen LogP contribution in [0.5, 0.6) is 5.75 Å². The number of hydrogen-bond acceptors (Lipinski definition) is 5. The van der Waals surface area contributed by atoms with Crippen molar-refractivity contribution in [1.82, 2.24) is 15.5 Å². The number of benzene rings is 2. The van der Waals surface area contributed by atoms with Gasteiger partial charge in [0.1, 0.15) is 5.75 Å². The van der Waals surface area contributed by atoms with Crippen molar-refractivity contribution in [3.05, 3.63) is 64.7 Å². The van der Waals surface area contributed by atoms with Crippen LogP contribution in [0.1, 0.15) is 17.2 Å². The second kappa shape index (κ2) is 11.0. The molecule has 2 amide bonds. The molecule has 1 unspecified atom stereocenters. The van der Waals surface area contributed by atoms with Crippen LogP contribution in [0.15, 0.2) is 48.5 Å². The smallest absolute Gasteiger partial charge is 0.309 e. The van der Waals surface area contributed by atoms with Gasteiger partial charge >= 0.3 is 11.8 Å². The Morgan fingerprint density at radius 2 is 1.80 bits per heavy atom. The maximum Gasteiger partial charge on any atom is 0.309 e.